The van der Waals surface area contributed by atoms with Crippen molar-refractivity contribution in [1.29, 1.82) is 0 Å². The van der Waals surface area contributed by atoms with Crippen molar-refractivity contribution in [2.24, 2.45) is 0 Å². The largest absolute Gasteiger partial charge is 0.497 e. The van der Waals surface area contributed by atoms with Crippen molar-refractivity contribution in [1.82, 2.24) is 5.32 Å². The molecule has 0 aromatic heterocycles. The molecule has 1 N–H and O–H groups in total. The molecule has 1 aromatic rings. The van der Waals surface area contributed by atoms with E-state index in [0.717, 1.165) is 0 Å². The summed E-state index contributed by atoms with van der Waals surface area (Å²) in [4.78, 5) is 23.7. The Balaban J connectivity index is 2.03. The van der Waals surface area contributed by atoms with Crippen LogP contribution in [0.1, 0.15) is 30.6 Å². The number of hydrogen-bond acceptors (Lipinski definition) is 6. The molecular weight excluding hydrogens is 334 g/mol. The van der Waals surface area contributed by atoms with Crippen LogP contribution in [0.2, 0.25) is 0 Å². The van der Waals surface area contributed by atoms with Gasteiger partial charge in [0.2, 0.25) is 0 Å². The molecule has 1 heterocycles. The van der Waals surface area contributed by atoms with Crippen LogP contribution in [-0.4, -0.2) is 50.9 Å². The number of ketones is 1. The average Bonchev–Trinajstić information content (AvgIpc) is 2.77. The van der Waals surface area contributed by atoms with Gasteiger partial charge in [-0.1, -0.05) is 0 Å². The van der Waals surface area contributed by atoms with Crippen LogP contribution in [-0.2, 0) is 14.6 Å². The van der Waals surface area contributed by atoms with Crippen LogP contribution in [0.3, 0.4) is 0 Å². The van der Waals surface area contributed by atoms with Crippen molar-refractivity contribution in [3.63, 3.8) is 0 Å². The molecule has 0 saturated carbocycles. The number of benzene rings is 1. The predicted molar refractivity (Wildman–Crippen MR) is 88.3 cm³/mol. The smallest absolute Gasteiger partial charge is 0.258 e. The van der Waals surface area contributed by atoms with Gasteiger partial charge < -0.3 is 14.8 Å². The second-order valence-corrected chi connectivity index (χ2v) is 8.34. The van der Waals surface area contributed by atoms with Gasteiger partial charge in [0.25, 0.3) is 5.91 Å². The first-order chi connectivity index (χ1) is 11.1. The van der Waals surface area contributed by atoms with Gasteiger partial charge in [-0.3, -0.25) is 9.59 Å². The van der Waals surface area contributed by atoms with E-state index < -0.39 is 21.3 Å². The third kappa shape index (κ3) is 4.47. The number of sulfone groups is 1. The zero-order chi connectivity index (χ0) is 18.0. The summed E-state index contributed by atoms with van der Waals surface area (Å²) in [7, 11) is -1.62. The fourth-order valence-electron chi connectivity index (χ4n) is 2.66. The first-order valence-electron chi connectivity index (χ1n) is 7.47. The minimum absolute atomic E-state index is 0.0645. The van der Waals surface area contributed by atoms with E-state index in [1.54, 1.807) is 19.1 Å². The molecule has 1 aliphatic rings. The number of carbonyl (C=O) groups excluding carboxylic acids is 2. The summed E-state index contributed by atoms with van der Waals surface area (Å²) >= 11 is 0. The molecule has 0 radical (unpaired) electrons. The molecule has 1 aliphatic heterocycles. The van der Waals surface area contributed by atoms with Crippen molar-refractivity contribution >= 4 is 21.5 Å². The first-order valence-corrected chi connectivity index (χ1v) is 9.29. The van der Waals surface area contributed by atoms with Crippen LogP contribution in [0.15, 0.2) is 18.2 Å². The first kappa shape index (κ1) is 18.3. The zero-order valence-corrected chi connectivity index (χ0v) is 14.7. The van der Waals surface area contributed by atoms with E-state index in [1.165, 1.54) is 20.1 Å². The number of carbonyl (C=O) groups is 2. The number of methoxy groups -OCH3 is 1. The van der Waals surface area contributed by atoms with Gasteiger partial charge in [-0.05, 0) is 32.4 Å². The van der Waals surface area contributed by atoms with Crippen molar-refractivity contribution in [2.75, 3.05) is 25.2 Å². The quantitative estimate of drug-likeness (QED) is 0.764. The highest BCUT2D eigenvalue weighted by Crippen LogP contribution is 2.26. The molecule has 24 heavy (non-hydrogen) atoms. The average molecular weight is 355 g/mol. The maximum absolute atomic E-state index is 12.1. The van der Waals surface area contributed by atoms with Crippen molar-refractivity contribution in [2.45, 2.75) is 25.8 Å². The molecule has 1 aromatic carbocycles. The summed E-state index contributed by atoms with van der Waals surface area (Å²) in [6.07, 6.45) is 0.374. The molecule has 132 valence electrons. The molecule has 7 nitrogen and oxygen atoms in total. The Bertz CT molecular complexity index is 758. The van der Waals surface area contributed by atoms with Gasteiger partial charge in [-0.2, -0.15) is 0 Å². The maximum atomic E-state index is 12.1. The van der Waals surface area contributed by atoms with Crippen molar-refractivity contribution < 1.29 is 27.5 Å². The van der Waals surface area contributed by atoms with Gasteiger partial charge in [0.05, 0.1) is 29.7 Å². The van der Waals surface area contributed by atoms with Crippen LogP contribution in [0.5, 0.6) is 11.5 Å². The minimum atomic E-state index is -3.11. The van der Waals surface area contributed by atoms with Crippen LogP contribution >= 0.6 is 0 Å². The van der Waals surface area contributed by atoms with Gasteiger partial charge in [0.15, 0.2) is 22.2 Å². The van der Waals surface area contributed by atoms with Gasteiger partial charge in [-0.15, -0.1) is 0 Å². The molecule has 0 unspecified atom stereocenters. The number of rotatable bonds is 6. The Kier molecular flexibility index (Phi) is 5.17. The van der Waals surface area contributed by atoms with Gasteiger partial charge in [-0.25, -0.2) is 8.42 Å². The van der Waals surface area contributed by atoms with E-state index in [9.17, 15) is 18.0 Å². The highest BCUT2D eigenvalue weighted by atomic mass is 32.2. The highest BCUT2D eigenvalue weighted by Gasteiger charge is 2.39. The molecule has 1 atom stereocenters. The molecule has 1 amide bonds. The van der Waals surface area contributed by atoms with E-state index >= 15 is 0 Å². The van der Waals surface area contributed by atoms with Gasteiger partial charge in [0.1, 0.15) is 11.5 Å². The summed E-state index contributed by atoms with van der Waals surface area (Å²) < 4.78 is 33.7. The number of nitrogens with one attached hydrogen (secondary N) is 1. The van der Waals surface area contributed by atoms with E-state index in [0.29, 0.717) is 17.7 Å². The van der Waals surface area contributed by atoms with Crippen molar-refractivity contribution in [3.05, 3.63) is 23.8 Å². The zero-order valence-electron chi connectivity index (χ0n) is 13.9. The Labute approximate surface area is 141 Å². The lowest BCUT2D eigenvalue weighted by atomic mass is 10.0. The summed E-state index contributed by atoms with van der Waals surface area (Å²) in [5, 5.41) is 2.70. The molecule has 1 fully saturated rings. The van der Waals surface area contributed by atoms with Crippen LogP contribution in [0, 0.1) is 0 Å². The SMILES string of the molecule is COc1ccc(C(C)=O)c(OCC(=O)N[C@]2(C)CCS(=O)(=O)C2)c1. The third-order valence-electron chi connectivity index (χ3n) is 3.87. The Morgan fingerprint density at radius 2 is 2.04 bits per heavy atom. The summed E-state index contributed by atoms with van der Waals surface area (Å²) in [6.45, 7) is 2.78. The van der Waals surface area contributed by atoms with E-state index in [4.69, 9.17) is 9.47 Å². The molecule has 0 spiro atoms. The number of Topliss-reactive ketones (excluding diaryl/α,β-unsaturated/α-hetero) is 1. The topological polar surface area (TPSA) is 98.8 Å². The third-order valence-corrected chi connectivity index (χ3v) is 5.77. The second-order valence-electron chi connectivity index (χ2n) is 6.16. The number of hydrogen-bond donors (Lipinski definition) is 1. The molecule has 1 saturated heterocycles. The van der Waals surface area contributed by atoms with Gasteiger partial charge in [0, 0.05) is 6.07 Å². The fourth-order valence-corrected chi connectivity index (χ4v) is 4.76. The monoisotopic (exact) mass is 355 g/mol. The van der Waals surface area contributed by atoms with Gasteiger partial charge >= 0.3 is 0 Å². The van der Waals surface area contributed by atoms with E-state index in [2.05, 4.69) is 5.32 Å². The Hall–Kier alpha value is -2.09. The lowest BCUT2D eigenvalue weighted by Crippen LogP contribution is -2.48. The summed E-state index contributed by atoms with van der Waals surface area (Å²) in [5.41, 5.74) is -0.435. The molecule has 0 aliphatic carbocycles. The molecular formula is C16H21NO6S. The minimum Gasteiger partial charge on any atom is -0.497 e. The summed E-state index contributed by atoms with van der Waals surface area (Å²) in [6, 6.07) is 4.74. The van der Waals surface area contributed by atoms with E-state index in [-0.39, 0.29) is 29.6 Å². The fraction of sp³-hybridized carbons (Fsp3) is 0.500. The highest BCUT2D eigenvalue weighted by molar-refractivity contribution is 7.91. The number of ether oxygens (including phenoxy) is 2. The normalized spacial score (nSPS) is 22.0. The molecule has 8 heteroatoms. The standard InChI is InChI=1S/C16H21NO6S/c1-11(18)13-5-4-12(22-3)8-14(13)23-9-15(19)17-16(2)6-7-24(20,21)10-16/h4-5,8H,6-7,9-10H2,1-3H3,(H,17,19)/t16-/m1/s1. The van der Waals surface area contributed by atoms with Crippen LogP contribution < -0.4 is 14.8 Å². The Morgan fingerprint density at radius 3 is 2.58 bits per heavy atom. The van der Waals surface area contributed by atoms with Crippen LogP contribution in [0.25, 0.3) is 0 Å². The number of amides is 1. The van der Waals surface area contributed by atoms with E-state index in [1.807, 2.05) is 0 Å². The summed E-state index contributed by atoms with van der Waals surface area (Å²) in [5.74, 6) is 0.109. The Morgan fingerprint density at radius 1 is 1.33 bits per heavy atom. The van der Waals surface area contributed by atoms with Crippen molar-refractivity contribution in [3.8, 4) is 11.5 Å². The second kappa shape index (κ2) is 6.80. The lowest BCUT2D eigenvalue weighted by molar-refractivity contribution is -0.124. The maximum Gasteiger partial charge on any atom is 0.258 e. The molecule has 0 bridgehead atoms. The molecule has 2 rings (SSSR count). The van der Waals surface area contributed by atoms with Crippen LogP contribution in [0.4, 0.5) is 0 Å². The predicted octanol–water partition coefficient (Wildman–Crippen LogP) is 0.970. The lowest BCUT2D eigenvalue weighted by Gasteiger charge is -2.24.